The second-order valence-corrected chi connectivity index (χ2v) is 15.8. The molecule has 0 saturated heterocycles. The Morgan fingerprint density at radius 1 is 0.544 bits per heavy atom. The SMILES string of the molecule is CC(C)(C)c1cc(-c2cc(-c3ccccc3)ccn2)[c-]c(-c2ccc3c4ccccc4c4cc5c(oc6ccc7ccc8ccccc8c7c65)c(O)c4c3n2)c1.[Pt]. The Hall–Kier alpha value is -6.35. The van der Waals surface area contributed by atoms with Crippen molar-refractivity contribution < 1.29 is 30.6 Å². The largest absolute Gasteiger partial charge is 0.504 e. The van der Waals surface area contributed by atoms with Gasteiger partial charge in [0.25, 0.3) is 0 Å². The summed E-state index contributed by atoms with van der Waals surface area (Å²) in [6, 6.07) is 54.3. The second-order valence-electron chi connectivity index (χ2n) is 15.8. The molecule has 0 spiro atoms. The number of hydrogen-bond acceptors (Lipinski definition) is 4. The number of furan rings is 1. The monoisotopic (exact) mass is 914 g/mol. The Morgan fingerprint density at radius 2 is 1.23 bits per heavy atom. The van der Waals surface area contributed by atoms with Gasteiger partial charge in [-0.05, 0) is 67.1 Å². The molecule has 3 aromatic heterocycles. The average Bonchev–Trinajstić information content (AvgIpc) is 3.62. The van der Waals surface area contributed by atoms with Gasteiger partial charge in [0, 0.05) is 60.2 Å². The van der Waals surface area contributed by atoms with E-state index in [1.165, 1.54) is 0 Å². The van der Waals surface area contributed by atoms with E-state index in [0.29, 0.717) is 16.5 Å². The average molecular weight is 915 g/mol. The molecule has 0 unspecified atom stereocenters. The van der Waals surface area contributed by atoms with Gasteiger partial charge in [0.05, 0.1) is 10.9 Å². The van der Waals surface area contributed by atoms with Crippen LogP contribution in [0.4, 0.5) is 0 Å². The molecule has 11 rings (SSSR count). The predicted molar refractivity (Wildman–Crippen MR) is 232 cm³/mol. The summed E-state index contributed by atoms with van der Waals surface area (Å²) in [4.78, 5) is 10.2. The van der Waals surface area contributed by atoms with Crippen LogP contribution < -0.4 is 0 Å². The Bertz CT molecular complexity index is 3420. The molecule has 0 radical (unpaired) electrons. The van der Waals surface area contributed by atoms with Gasteiger partial charge >= 0.3 is 0 Å². The number of phenolic OH excluding ortho intramolecular Hbond substituents is 1. The van der Waals surface area contributed by atoms with E-state index in [0.717, 1.165) is 98.7 Å². The van der Waals surface area contributed by atoms with Gasteiger partial charge in [0.2, 0.25) is 0 Å². The normalized spacial score (nSPS) is 12.1. The molecule has 4 nitrogen and oxygen atoms in total. The van der Waals surface area contributed by atoms with Crippen molar-refractivity contribution in [2.75, 3.05) is 0 Å². The maximum Gasteiger partial charge on any atom is 0.177 e. The zero-order chi connectivity index (χ0) is 37.7. The Kier molecular flexibility index (Phi) is 8.07. The summed E-state index contributed by atoms with van der Waals surface area (Å²) in [6.07, 6.45) is 1.87. The van der Waals surface area contributed by atoms with E-state index in [1.54, 1.807) is 0 Å². The van der Waals surface area contributed by atoms with Crippen LogP contribution in [0.2, 0.25) is 0 Å². The minimum absolute atomic E-state index is 0. The van der Waals surface area contributed by atoms with Gasteiger partial charge in [-0.15, -0.1) is 23.8 Å². The van der Waals surface area contributed by atoms with Gasteiger partial charge in [0.15, 0.2) is 11.3 Å². The predicted octanol–water partition coefficient (Wildman–Crippen LogP) is 13.9. The van der Waals surface area contributed by atoms with Crippen molar-refractivity contribution >= 4 is 75.9 Å². The quantitative estimate of drug-likeness (QED) is 0.142. The van der Waals surface area contributed by atoms with Crippen LogP contribution in [0.5, 0.6) is 5.75 Å². The molecule has 0 aliphatic heterocycles. The first-order valence-electron chi connectivity index (χ1n) is 19.0. The van der Waals surface area contributed by atoms with Crippen LogP contribution in [0, 0.1) is 6.07 Å². The van der Waals surface area contributed by atoms with Gasteiger partial charge in [-0.2, -0.15) is 0 Å². The second kappa shape index (κ2) is 13.1. The summed E-state index contributed by atoms with van der Waals surface area (Å²) in [6.45, 7) is 6.67. The number of benzene rings is 8. The molecule has 8 aromatic carbocycles. The molecule has 276 valence electrons. The van der Waals surface area contributed by atoms with Crippen LogP contribution in [0.25, 0.3) is 110 Å². The number of pyridine rings is 2. The van der Waals surface area contributed by atoms with E-state index < -0.39 is 0 Å². The van der Waals surface area contributed by atoms with Crippen molar-refractivity contribution in [3.8, 4) is 39.4 Å². The van der Waals surface area contributed by atoms with Gasteiger partial charge in [0.1, 0.15) is 5.58 Å². The van der Waals surface area contributed by atoms with E-state index in [1.807, 2.05) is 24.4 Å². The molecule has 1 N–H and O–H groups in total. The van der Waals surface area contributed by atoms with Crippen LogP contribution in [-0.4, -0.2) is 15.1 Å². The summed E-state index contributed by atoms with van der Waals surface area (Å²) < 4.78 is 6.59. The number of aromatic nitrogens is 2. The van der Waals surface area contributed by atoms with Crippen molar-refractivity contribution in [2.24, 2.45) is 0 Å². The molecule has 0 bridgehead atoms. The summed E-state index contributed by atoms with van der Waals surface area (Å²) in [5, 5.41) is 23.6. The maximum atomic E-state index is 12.4. The van der Waals surface area contributed by atoms with Crippen molar-refractivity contribution in [1.29, 1.82) is 0 Å². The standard InChI is InChI=1S/C52H35N2O2.Pt/c1-52(2,3)36-26-34(25-35(27-36)44-28-33(23-24-53-44)30-11-5-4-6-12-30)43-21-20-40-38-15-9-10-16-39(38)41-29-42-47-45(56-51(42)50(55)48(41)49(40)54-43)22-19-32-18-17-31-13-7-8-14-37(31)46(32)47;/h4-24,26-29,55H,1-3H3;/q-1;. The molecular formula is C52H35N2O2Pt-. The van der Waals surface area contributed by atoms with E-state index >= 15 is 0 Å². The first-order valence-corrected chi connectivity index (χ1v) is 19.0. The third-order valence-electron chi connectivity index (χ3n) is 11.4. The molecule has 3 heterocycles. The molecule has 11 aromatic rings. The van der Waals surface area contributed by atoms with E-state index in [-0.39, 0.29) is 32.2 Å². The van der Waals surface area contributed by atoms with Gasteiger partial charge in [-0.3, -0.25) is 9.97 Å². The first-order chi connectivity index (χ1) is 27.3. The number of aromatic hydroxyl groups is 1. The molecule has 0 amide bonds. The first kappa shape index (κ1) is 35.1. The number of fused-ring (bicyclic) bond motifs is 13. The van der Waals surface area contributed by atoms with Crippen LogP contribution >= 0.6 is 0 Å². The summed E-state index contributed by atoms with van der Waals surface area (Å²) in [7, 11) is 0. The number of nitrogens with zero attached hydrogens (tertiary/aromatic N) is 2. The number of phenols is 1. The van der Waals surface area contributed by atoms with E-state index in [2.05, 4.69) is 154 Å². The fraction of sp³-hybridized carbons (Fsp3) is 0.0769. The fourth-order valence-electron chi connectivity index (χ4n) is 8.57. The van der Waals surface area contributed by atoms with Crippen LogP contribution in [0.1, 0.15) is 26.3 Å². The Morgan fingerprint density at radius 3 is 2.02 bits per heavy atom. The van der Waals surface area contributed by atoms with Crippen molar-refractivity contribution in [1.82, 2.24) is 9.97 Å². The van der Waals surface area contributed by atoms with Crippen LogP contribution in [-0.2, 0) is 26.5 Å². The fourth-order valence-corrected chi connectivity index (χ4v) is 8.57. The Labute approximate surface area is 343 Å². The van der Waals surface area contributed by atoms with Crippen LogP contribution in [0.3, 0.4) is 0 Å². The third-order valence-corrected chi connectivity index (χ3v) is 11.4. The summed E-state index contributed by atoms with van der Waals surface area (Å²) >= 11 is 0. The molecule has 57 heavy (non-hydrogen) atoms. The number of hydrogen-bond donors (Lipinski definition) is 1. The zero-order valence-electron chi connectivity index (χ0n) is 31.5. The van der Waals surface area contributed by atoms with E-state index in [9.17, 15) is 5.11 Å². The van der Waals surface area contributed by atoms with E-state index in [4.69, 9.17) is 14.4 Å². The molecule has 0 aliphatic carbocycles. The molecule has 0 atom stereocenters. The molecule has 0 aliphatic rings. The summed E-state index contributed by atoms with van der Waals surface area (Å²) in [5.41, 5.74) is 8.55. The zero-order valence-corrected chi connectivity index (χ0v) is 33.8. The molecular weight excluding hydrogens is 880 g/mol. The number of rotatable bonds is 3. The Balaban J connectivity index is 0.00000396. The van der Waals surface area contributed by atoms with Crippen molar-refractivity contribution in [2.45, 2.75) is 26.2 Å². The smallest absolute Gasteiger partial charge is 0.177 e. The topological polar surface area (TPSA) is 59.2 Å². The summed E-state index contributed by atoms with van der Waals surface area (Å²) in [5.74, 6) is 0.0949. The molecule has 0 saturated carbocycles. The third kappa shape index (κ3) is 5.54. The van der Waals surface area contributed by atoms with Crippen molar-refractivity contribution in [3.63, 3.8) is 0 Å². The molecule has 5 heteroatoms. The van der Waals surface area contributed by atoms with Gasteiger partial charge in [-0.25, -0.2) is 0 Å². The van der Waals surface area contributed by atoms with Gasteiger partial charge < -0.3 is 9.52 Å². The molecule has 0 fully saturated rings. The van der Waals surface area contributed by atoms with Gasteiger partial charge in [-0.1, -0.05) is 147 Å². The van der Waals surface area contributed by atoms with Crippen LogP contribution in [0.15, 0.2) is 156 Å². The minimum atomic E-state index is -0.143. The maximum absolute atomic E-state index is 12.4. The van der Waals surface area contributed by atoms with Crippen molar-refractivity contribution in [3.05, 3.63) is 163 Å². The minimum Gasteiger partial charge on any atom is -0.504 e.